The van der Waals surface area contributed by atoms with E-state index in [1.165, 1.54) is 5.56 Å². The van der Waals surface area contributed by atoms with Crippen LogP contribution in [0, 0.1) is 0 Å². The van der Waals surface area contributed by atoms with Crippen LogP contribution < -0.4 is 0 Å². The second kappa shape index (κ2) is 21.2. The lowest BCUT2D eigenvalue weighted by atomic mass is 10.0. The normalized spacial score (nSPS) is 12.8. The number of carbonyl (C=O) groups is 2. The smallest absolute Gasteiger partial charge is 0.343 e. The quantitative estimate of drug-likeness (QED) is 0.0799. The van der Waals surface area contributed by atoms with Crippen molar-refractivity contribution in [1.29, 1.82) is 0 Å². The molecule has 0 aromatic heterocycles. The van der Waals surface area contributed by atoms with Crippen LogP contribution in [0.2, 0.25) is 0 Å². The maximum Gasteiger partial charge on any atom is 0.343 e. The third-order valence-electron chi connectivity index (χ3n) is 6.25. The van der Waals surface area contributed by atoms with Gasteiger partial charge in [0.1, 0.15) is 12.2 Å². The number of carbonyl (C=O) groups excluding carboxylic acids is 2. The van der Waals surface area contributed by atoms with Crippen LogP contribution in [0.1, 0.15) is 36.0 Å². The van der Waals surface area contributed by atoms with Crippen molar-refractivity contribution in [3.05, 3.63) is 108 Å². The van der Waals surface area contributed by atoms with Gasteiger partial charge in [0.25, 0.3) is 0 Å². The first-order chi connectivity index (χ1) is 21.0. The fourth-order valence-corrected chi connectivity index (χ4v) is 3.91. The third-order valence-corrected chi connectivity index (χ3v) is 6.25. The van der Waals surface area contributed by atoms with E-state index in [1.807, 2.05) is 66.7 Å². The average molecular weight is 599 g/mol. The highest BCUT2D eigenvalue weighted by Crippen LogP contribution is 2.22. The molecule has 43 heavy (non-hydrogen) atoms. The zero-order valence-electron chi connectivity index (χ0n) is 24.5. The first-order valence-corrected chi connectivity index (χ1v) is 14.0. The van der Waals surface area contributed by atoms with Crippen molar-refractivity contribution in [3.63, 3.8) is 0 Å². The molecule has 0 amide bonds. The van der Waals surface area contributed by atoms with Gasteiger partial charge in [0.15, 0.2) is 5.78 Å². The molecule has 0 spiro atoms. The molecule has 0 aliphatic heterocycles. The number of benzene rings is 3. The largest absolute Gasteiger partial charge is 0.459 e. The molecule has 3 aromatic carbocycles. The Morgan fingerprint density at radius 3 is 1.81 bits per heavy atom. The Labute approximate surface area is 252 Å². The number of Topliss-reactive ketones (excluding diaryl/α,β-unsaturated/α-hetero) is 1. The summed E-state index contributed by atoms with van der Waals surface area (Å²) in [6.07, 6.45) is -1.70. The van der Waals surface area contributed by atoms with Gasteiger partial charge in [-0.2, -0.15) is 0 Å². The number of ether oxygens (including phenoxy) is 4. The number of hydrogen-bond donors (Lipinski definition) is 3. The maximum atomic E-state index is 12.9. The van der Waals surface area contributed by atoms with Crippen molar-refractivity contribution >= 4 is 11.8 Å². The Morgan fingerprint density at radius 2 is 1.33 bits per heavy atom. The van der Waals surface area contributed by atoms with Crippen LogP contribution in [0.5, 0.6) is 0 Å². The Balaban J connectivity index is 0.000000609. The van der Waals surface area contributed by atoms with E-state index >= 15 is 0 Å². The molecule has 0 aliphatic rings. The molecule has 10 nitrogen and oxygen atoms in total. The van der Waals surface area contributed by atoms with E-state index in [0.717, 1.165) is 11.1 Å². The Bertz CT molecular complexity index is 1140. The number of hydrogen-bond acceptors (Lipinski definition) is 10. The number of aliphatic hydroxyl groups excluding tert-OH is 2. The monoisotopic (exact) mass is 598 g/mol. The van der Waals surface area contributed by atoms with Crippen molar-refractivity contribution in [2.24, 2.45) is 0 Å². The highest BCUT2D eigenvalue weighted by Gasteiger charge is 2.40. The van der Waals surface area contributed by atoms with Crippen molar-refractivity contribution in [1.82, 2.24) is 0 Å². The molecule has 0 heterocycles. The first kappa shape index (κ1) is 35.7. The van der Waals surface area contributed by atoms with Gasteiger partial charge in [-0.1, -0.05) is 91.0 Å². The molecule has 0 bridgehead atoms. The summed E-state index contributed by atoms with van der Waals surface area (Å²) >= 11 is 0. The van der Waals surface area contributed by atoms with Crippen LogP contribution in [0.3, 0.4) is 0 Å². The highest BCUT2D eigenvalue weighted by atomic mass is 17.1. The molecule has 0 saturated carbocycles. The van der Waals surface area contributed by atoms with Gasteiger partial charge < -0.3 is 29.2 Å². The molecule has 2 atom stereocenters. The number of aliphatic hydroxyl groups is 2. The predicted octanol–water partition coefficient (Wildman–Crippen LogP) is 4.12. The summed E-state index contributed by atoms with van der Waals surface area (Å²) in [5.41, 5.74) is 1.30. The Hall–Kier alpha value is -3.48. The molecule has 3 rings (SSSR count). The van der Waals surface area contributed by atoms with Crippen molar-refractivity contribution < 1.29 is 48.9 Å². The van der Waals surface area contributed by atoms with Gasteiger partial charge >= 0.3 is 5.97 Å². The number of rotatable bonds is 19. The lowest BCUT2D eigenvalue weighted by Gasteiger charge is -2.34. The van der Waals surface area contributed by atoms with Crippen molar-refractivity contribution in [2.75, 3.05) is 33.5 Å². The molecule has 0 fully saturated rings. The molecular weight excluding hydrogens is 556 g/mol. The molecule has 0 aliphatic carbocycles. The first-order valence-electron chi connectivity index (χ1n) is 14.0. The van der Waals surface area contributed by atoms with E-state index in [0.29, 0.717) is 6.61 Å². The van der Waals surface area contributed by atoms with E-state index in [-0.39, 0.29) is 52.3 Å². The summed E-state index contributed by atoms with van der Waals surface area (Å²) in [5.74, 6) is -1.52. The summed E-state index contributed by atoms with van der Waals surface area (Å²) in [5, 5.41) is 28.1. The average Bonchev–Trinajstić information content (AvgIpc) is 3.05. The molecule has 3 N–H and O–H groups in total. The van der Waals surface area contributed by atoms with Crippen LogP contribution in [0.25, 0.3) is 0 Å². The van der Waals surface area contributed by atoms with Crippen LogP contribution in [0.15, 0.2) is 91.0 Å². The van der Waals surface area contributed by atoms with Crippen LogP contribution in [0.4, 0.5) is 0 Å². The lowest BCUT2D eigenvalue weighted by molar-refractivity contribution is -0.257. The maximum absolute atomic E-state index is 12.9. The molecule has 10 heteroatoms. The lowest BCUT2D eigenvalue weighted by Crippen LogP contribution is -2.50. The second-order valence-corrected chi connectivity index (χ2v) is 9.71. The molecular formula is C33H42O10. The standard InChI is InChI=1S/C25H32O9.C8H10O/c26-14-7-12-22(28)23(24(29)32-17-21-10-5-2-6-11-21)34-25(18-27,13-15-33-30)19-31-16-20-8-3-1-4-9-20;1-9-7-8-5-3-2-4-6-8/h1-6,8-11,23,26-27,30H,7,12-19H2;2-6H,7H2,1H3. The molecule has 0 radical (unpaired) electrons. The van der Waals surface area contributed by atoms with Gasteiger partial charge in [-0.3, -0.25) is 10.1 Å². The minimum atomic E-state index is -1.65. The number of methoxy groups -OCH3 is 1. The molecule has 2 unspecified atom stereocenters. The van der Waals surface area contributed by atoms with E-state index in [2.05, 4.69) is 4.89 Å². The zero-order chi connectivity index (χ0) is 31.2. The summed E-state index contributed by atoms with van der Waals surface area (Å²) < 4.78 is 21.8. The summed E-state index contributed by atoms with van der Waals surface area (Å²) in [7, 11) is 1.70. The second-order valence-electron chi connectivity index (χ2n) is 9.71. The van der Waals surface area contributed by atoms with E-state index in [4.69, 9.17) is 29.3 Å². The van der Waals surface area contributed by atoms with Gasteiger partial charge in [0, 0.05) is 26.6 Å². The van der Waals surface area contributed by atoms with Gasteiger partial charge in [-0.25, -0.2) is 9.68 Å². The summed E-state index contributed by atoms with van der Waals surface area (Å²) in [6.45, 7) is -0.414. The Morgan fingerprint density at radius 1 is 0.791 bits per heavy atom. The van der Waals surface area contributed by atoms with Gasteiger partial charge in [0.2, 0.25) is 6.10 Å². The number of esters is 1. The van der Waals surface area contributed by atoms with Crippen LogP contribution in [-0.4, -0.2) is 72.5 Å². The third kappa shape index (κ3) is 14.0. The van der Waals surface area contributed by atoms with Gasteiger partial charge in [-0.05, 0) is 23.1 Å². The van der Waals surface area contributed by atoms with Crippen LogP contribution in [-0.2, 0) is 53.2 Å². The summed E-state index contributed by atoms with van der Waals surface area (Å²) in [4.78, 5) is 29.8. The minimum absolute atomic E-state index is 0.0649. The molecule has 0 saturated heterocycles. The Kier molecular flexibility index (Phi) is 17.6. The van der Waals surface area contributed by atoms with E-state index in [9.17, 15) is 14.7 Å². The predicted molar refractivity (Wildman–Crippen MR) is 159 cm³/mol. The number of ketones is 1. The van der Waals surface area contributed by atoms with E-state index < -0.39 is 30.1 Å². The highest BCUT2D eigenvalue weighted by molar-refractivity contribution is 6.02. The summed E-state index contributed by atoms with van der Waals surface area (Å²) in [6, 6.07) is 28.3. The SMILES string of the molecule is COCc1ccccc1.O=C(CCCO)C(OC(CO)(CCOO)COCc1ccccc1)C(=O)OCc1ccccc1. The van der Waals surface area contributed by atoms with Crippen LogP contribution >= 0.6 is 0 Å². The fourth-order valence-electron chi connectivity index (χ4n) is 3.91. The fraction of sp³-hybridized carbons (Fsp3) is 0.394. The van der Waals surface area contributed by atoms with Gasteiger partial charge in [-0.15, -0.1) is 0 Å². The minimum Gasteiger partial charge on any atom is -0.459 e. The molecule has 3 aromatic rings. The van der Waals surface area contributed by atoms with Crippen molar-refractivity contribution in [3.8, 4) is 0 Å². The zero-order valence-corrected chi connectivity index (χ0v) is 24.5. The topological polar surface area (TPSA) is 141 Å². The molecule has 234 valence electrons. The van der Waals surface area contributed by atoms with Gasteiger partial charge in [0.05, 0.1) is 33.0 Å². The van der Waals surface area contributed by atoms with Crippen molar-refractivity contribution in [2.45, 2.75) is 50.8 Å². The van der Waals surface area contributed by atoms with E-state index in [1.54, 1.807) is 31.4 Å².